The summed E-state index contributed by atoms with van der Waals surface area (Å²) in [5, 5.41) is 4.68. The van der Waals surface area contributed by atoms with Crippen molar-refractivity contribution in [2.24, 2.45) is 0 Å². The highest BCUT2D eigenvalue weighted by atomic mass is 35.5. The Balaban J connectivity index is 0.00000176. The second-order valence-electron chi connectivity index (χ2n) is 6.09. The molecule has 0 aromatic carbocycles. The fourth-order valence-corrected chi connectivity index (χ4v) is 3.20. The van der Waals surface area contributed by atoms with Crippen LogP contribution < -0.4 is 0 Å². The van der Waals surface area contributed by atoms with E-state index in [-0.39, 0.29) is 12.4 Å². The first-order valence-electron chi connectivity index (χ1n) is 8.34. The lowest BCUT2D eigenvalue weighted by molar-refractivity contribution is 0.0176. The maximum atomic E-state index is 5.76. The molecule has 1 aromatic heterocycles. The lowest BCUT2D eigenvalue weighted by Gasteiger charge is -2.26. The van der Waals surface area contributed by atoms with Crippen LogP contribution in [0.15, 0.2) is 12.3 Å². The first kappa shape index (κ1) is 17.7. The minimum atomic E-state index is 0. The van der Waals surface area contributed by atoms with E-state index >= 15 is 0 Å². The average Bonchev–Trinajstić information content (AvgIpc) is 3.02. The number of hydrogen-bond acceptors (Lipinski definition) is 4. The normalized spacial score (nSPS) is 20.7. The highest BCUT2D eigenvalue weighted by molar-refractivity contribution is 5.85. The number of aromatic nitrogens is 2. The van der Waals surface area contributed by atoms with Gasteiger partial charge in [-0.25, -0.2) is 0 Å². The second-order valence-corrected chi connectivity index (χ2v) is 6.09. The zero-order chi connectivity index (χ0) is 14.3. The van der Waals surface area contributed by atoms with Crippen LogP contribution in [0.3, 0.4) is 0 Å². The maximum Gasteiger partial charge on any atom is 0.0907 e. The molecule has 1 saturated carbocycles. The molecular weight excluding hydrogens is 302 g/mol. The monoisotopic (exact) mass is 329 g/mol. The van der Waals surface area contributed by atoms with E-state index in [1.54, 1.807) is 0 Å². The summed E-state index contributed by atoms with van der Waals surface area (Å²) in [6.07, 6.45) is 8.75. The molecule has 1 aromatic rings. The van der Waals surface area contributed by atoms with E-state index in [0.29, 0.717) is 12.6 Å². The van der Waals surface area contributed by atoms with E-state index in [1.807, 2.05) is 0 Å². The Morgan fingerprint density at radius 2 is 1.95 bits per heavy atom. The van der Waals surface area contributed by atoms with Gasteiger partial charge in [0.2, 0.25) is 0 Å². The van der Waals surface area contributed by atoms with Crippen LogP contribution in [0.2, 0.25) is 0 Å². The molecule has 2 aliphatic rings. The van der Waals surface area contributed by atoms with E-state index in [2.05, 4.69) is 26.9 Å². The minimum Gasteiger partial charge on any atom is -0.379 e. The molecule has 22 heavy (non-hydrogen) atoms. The molecule has 0 amide bonds. The van der Waals surface area contributed by atoms with Crippen LogP contribution in [0.25, 0.3) is 0 Å². The van der Waals surface area contributed by atoms with Gasteiger partial charge in [0, 0.05) is 25.8 Å². The van der Waals surface area contributed by atoms with Crippen LogP contribution in [0.4, 0.5) is 0 Å². The van der Waals surface area contributed by atoms with E-state index in [0.717, 1.165) is 45.1 Å². The van der Waals surface area contributed by atoms with Gasteiger partial charge in [-0.1, -0.05) is 19.3 Å². The molecule has 1 saturated heterocycles. The number of morpholine rings is 1. The van der Waals surface area contributed by atoms with Crippen molar-refractivity contribution in [1.29, 1.82) is 0 Å². The van der Waals surface area contributed by atoms with Gasteiger partial charge in [-0.3, -0.25) is 9.58 Å². The summed E-state index contributed by atoms with van der Waals surface area (Å²) in [6, 6.07) is 2.71. The van der Waals surface area contributed by atoms with Crippen molar-refractivity contribution in [3.63, 3.8) is 0 Å². The molecule has 0 N–H and O–H groups in total. The zero-order valence-corrected chi connectivity index (χ0v) is 14.1. The summed E-state index contributed by atoms with van der Waals surface area (Å²) in [6.45, 7) is 6.16. The van der Waals surface area contributed by atoms with E-state index < -0.39 is 0 Å². The summed E-state index contributed by atoms with van der Waals surface area (Å²) < 4.78 is 13.3. The Bertz CT molecular complexity index is 415. The van der Waals surface area contributed by atoms with Gasteiger partial charge in [-0.2, -0.15) is 5.10 Å². The number of halogens is 1. The SMILES string of the molecule is Cl.c1cn(C2CCCCC2)nc1COCCN1CCOCC1. The van der Waals surface area contributed by atoms with E-state index in [1.165, 1.54) is 32.1 Å². The Hall–Kier alpha value is -0.620. The topological polar surface area (TPSA) is 39.5 Å². The maximum absolute atomic E-state index is 5.76. The highest BCUT2D eigenvalue weighted by Gasteiger charge is 2.16. The van der Waals surface area contributed by atoms with Crippen molar-refractivity contribution < 1.29 is 9.47 Å². The number of hydrogen-bond donors (Lipinski definition) is 0. The van der Waals surface area contributed by atoms with Gasteiger partial charge in [-0.05, 0) is 18.9 Å². The molecule has 0 spiro atoms. The van der Waals surface area contributed by atoms with Crippen molar-refractivity contribution in [3.8, 4) is 0 Å². The first-order valence-corrected chi connectivity index (χ1v) is 8.34. The lowest BCUT2D eigenvalue weighted by atomic mass is 9.96. The number of ether oxygens (including phenoxy) is 2. The Kier molecular flexibility index (Phi) is 7.66. The van der Waals surface area contributed by atoms with Crippen molar-refractivity contribution in [1.82, 2.24) is 14.7 Å². The highest BCUT2D eigenvalue weighted by Crippen LogP contribution is 2.27. The molecule has 0 bridgehead atoms. The molecule has 1 aliphatic carbocycles. The smallest absolute Gasteiger partial charge is 0.0907 e. The third-order valence-electron chi connectivity index (χ3n) is 4.52. The minimum absolute atomic E-state index is 0. The van der Waals surface area contributed by atoms with Gasteiger partial charge in [0.15, 0.2) is 0 Å². The van der Waals surface area contributed by atoms with Crippen LogP contribution in [0.5, 0.6) is 0 Å². The Labute approximate surface area is 139 Å². The molecule has 0 atom stereocenters. The number of rotatable bonds is 6. The first-order chi connectivity index (χ1) is 10.4. The van der Waals surface area contributed by atoms with Crippen molar-refractivity contribution in [2.45, 2.75) is 44.8 Å². The molecule has 126 valence electrons. The summed E-state index contributed by atoms with van der Waals surface area (Å²) in [4.78, 5) is 2.39. The van der Waals surface area contributed by atoms with Gasteiger partial charge in [0.1, 0.15) is 0 Å². The van der Waals surface area contributed by atoms with E-state index in [4.69, 9.17) is 9.47 Å². The fraction of sp³-hybridized carbons (Fsp3) is 0.812. The Morgan fingerprint density at radius 1 is 1.18 bits per heavy atom. The molecule has 5 nitrogen and oxygen atoms in total. The zero-order valence-electron chi connectivity index (χ0n) is 13.3. The molecule has 0 unspecified atom stereocenters. The summed E-state index contributed by atoms with van der Waals surface area (Å²) >= 11 is 0. The largest absolute Gasteiger partial charge is 0.379 e. The molecular formula is C16H28ClN3O2. The van der Waals surface area contributed by atoms with Gasteiger partial charge in [-0.15, -0.1) is 12.4 Å². The standard InChI is InChI=1S/C16H27N3O2.ClH/c1-2-4-16(5-3-1)19-7-6-15(17-19)14-21-13-10-18-8-11-20-12-9-18;/h6-7,16H,1-5,8-14H2;1H. The van der Waals surface area contributed by atoms with E-state index in [9.17, 15) is 0 Å². The molecule has 6 heteroatoms. The van der Waals surface area contributed by atoms with Crippen molar-refractivity contribution in [2.75, 3.05) is 39.5 Å². The summed E-state index contributed by atoms with van der Waals surface area (Å²) in [7, 11) is 0. The van der Waals surface area contributed by atoms with Gasteiger partial charge >= 0.3 is 0 Å². The molecule has 1 aliphatic heterocycles. The lowest BCUT2D eigenvalue weighted by Crippen LogP contribution is -2.38. The summed E-state index contributed by atoms with van der Waals surface area (Å²) in [5.41, 5.74) is 1.06. The molecule has 2 heterocycles. The van der Waals surface area contributed by atoms with Crippen molar-refractivity contribution in [3.05, 3.63) is 18.0 Å². The third-order valence-corrected chi connectivity index (χ3v) is 4.52. The molecule has 2 fully saturated rings. The molecule has 0 radical (unpaired) electrons. The van der Waals surface area contributed by atoms with Gasteiger partial charge in [0.25, 0.3) is 0 Å². The van der Waals surface area contributed by atoms with Crippen LogP contribution in [0, 0.1) is 0 Å². The van der Waals surface area contributed by atoms with Gasteiger partial charge in [0.05, 0.1) is 38.2 Å². The van der Waals surface area contributed by atoms with Crippen molar-refractivity contribution >= 4 is 12.4 Å². The Morgan fingerprint density at radius 3 is 2.73 bits per heavy atom. The predicted molar refractivity (Wildman–Crippen MR) is 88.5 cm³/mol. The van der Waals surface area contributed by atoms with Crippen LogP contribution in [-0.4, -0.2) is 54.1 Å². The van der Waals surface area contributed by atoms with Crippen LogP contribution >= 0.6 is 12.4 Å². The number of nitrogens with zero attached hydrogens (tertiary/aromatic N) is 3. The molecule has 3 rings (SSSR count). The van der Waals surface area contributed by atoms with Crippen LogP contribution in [-0.2, 0) is 16.1 Å². The second kappa shape index (κ2) is 9.50. The van der Waals surface area contributed by atoms with Gasteiger partial charge < -0.3 is 9.47 Å². The third kappa shape index (κ3) is 5.23. The quantitative estimate of drug-likeness (QED) is 0.752. The fourth-order valence-electron chi connectivity index (χ4n) is 3.20. The average molecular weight is 330 g/mol. The predicted octanol–water partition coefficient (Wildman–Crippen LogP) is 2.66. The van der Waals surface area contributed by atoms with Crippen LogP contribution in [0.1, 0.15) is 43.8 Å². The summed E-state index contributed by atoms with van der Waals surface area (Å²) in [5.74, 6) is 0.